The summed E-state index contributed by atoms with van der Waals surface area (Å²) in [6.45, 7) is 0. The zero-order valence-corrected chi connectivity index (χ0v) is 17.7. The molecule has 2 aromatic heterocycles. The molecule has 0 aliphatic carbocycles. The van der Waals surface area contributed by atoms with Gasteiger partial charge in [-0.2, -0.15) is 0 Å². The van der Waals surface area contributed by atoms with Gasteiger partial charge >= 0.3 is 0 Å². The third-order valence-electron chi connectivity index (χ3n) is 4.19. The van der Waals surface area contributed by atoms with Crippen molar-refractivity contribution in [3.63, 3.8) is 0 Å². The Bertz CT molecular complexity index is 1280. The molecule has 0 fully saturated rings. The molecule has 158 valence electrons. The number of benzene rings is 2. The SMILES string of the molecule is COc1ccc(-c2cc(C(=O)Nc3ccc(S(=O)(=O)Nc4nccs4)cc3)no2)cc1. The van der Waals surface area contributed by atoms with Crippen LogP contribution in [0, 0.1) is 0 Å². The first kappa shape index (κ1) is 20.6. The van der Waals surface area contributed by atoms with Crippen LogP contribution in [-0.2, 0) is 10.0 Å². The molecule has 11 heteroatoms. The number of nitrogens with zero attached hydrogens (tertiary/aromatic N) is 2. The van der Waals surface area contributed by atoms with Gasteiger partial charge in [-0.15, -0.1) is 11.3 Å². The number of sulfonamides is 1. The molecule has 9 nitrogen and oxygen atoms in total. The highest BCUT2D eigenvalue weighted by Crippen LogP contribution is 2.24. The van der Waals surface area contributed by atoms with Crippen LogP contribution < -0.4 is 14.8 Å². The molecule has 0 radical (unpaired) electrons. The number of thiazole rings is 1. The van der Waals surface area contributed by atoms with Crippen LogP contribution in [0.2, 0.25) is 0 Å². The van der Waals surface area contributed by atoms with Gasteiger partial charge in [0.25, 0.3) is 15.9 Å². The molecular formula is C20H16N4O5S2. The van der Waals surface area contributed by atoms with Gasteiger partial charge in [0.05, 0.1) is 12.0 Å². The average Bonchev–Trinajstić information content (AvgIpc) is 3.46. The van der Waals surface area contributed by atoms with Crippen LogP contribution in [0.1, 0.15) is 10.5 Å². The molecule has 0 aliphatic rings. The number of hydrogen-bond donors (Lipinski definition) is 2. The van der Waals surface area contributed by atoms with E-state index in [1.807, 2.05) is 0 Å². The highest BCUT2D eigenvalue weighted by Gasteiger charge is 2.17. The van der Waals surface area contributed by atoms with Crippen LogP contribution in [0.25, 0.3) is 11.3 Å². The number of nitrogens with one attached hydrogen (secondary N) is 2. The number of carbonyl (C=O) groups is 1. The van der Waals surface area contributed by atoms with Gasteiger partial charge in [0.2, 0.25) is 0 Å². The second-order valence-corrected chi connectivity index (χ2v) is 8.80. The maximum absolute atomic E-state index is 12.5. The van der Waals surface area contributed by atoms with Crippen molar-refractivity contribution in [3.05, 3.63) is 71.9 Å². The first-order valence-corrected chi connectivity index (χ1v) is 11.3. The summed E-state index contributed by atoms with van der Waals surface area (Å²) in [5.74, 6) is 0.649. The fraction of sp³-hybridized carbons (Fsp3) is 0.0500. The normalized spacial score (nSPS) is 11.1. The van der Waals surface area contributed by atoms with E-state index in [-0.39, 0.29) is 15.7 Å². The van der Waals surface area contributed by atoms with Crippen LogP contribution >= 0.6 is 11.3 Å². The molecule has 4 rings (SSSR count). The van der Waals surface area contributed by atoms with Gasteiger partial charge in [0.15, 0.2) is 16.6 Å². The van der Waals surface area contributed by atoms with Crippen molar-refractivity contribution in [1.29, 1.82) is 0 Å². The lowest BCUT2D eigenvalue weighted by atomic mass is 10.1. The molecule has 0 bridgehead atoms. The van der Waals surface area contributed by atoms with Crippen molar-refractivity contribution in [2.75, 3.05) is 17.1 Å². The topological polar surface area (TPSA) is 123 Å². The monoisotopic (exact) mass is 456 g/mol. The maximum atomic E-state index is 12.5. The van der Waals surface area contributed by atoms with Gasteiger partial charge in [-0.3, -0.25) is 9.52 Å². The Kier molecular flexibility index (Phi) is 5.69. The molecule has 31 heavy (non-hydrogen) atoms. The Hall–Kier alpha value is -3.70. The number of hydrogen-bond acceptors (Lipinski definition) is 8. The smallest absolute Gasteiger partial charge is 0.277 e. The zero-order valence-electron chi connectivity index (χ0n) is 16.1. The molecule has 0 spiro atoms. The second kappa shape index (κ2) is 8.58. The highest BCUT2D eigenvalue weighted by molar-refractivity contribution is 7.93. The molecule has 0 atom stereocenters. The minimum atomic E-state index is -3.76. The van der Waals surface area contributed by atoms with Gasteiger partial charge < -0.3 is 14.6 Å². The number of aromatic nitrogens is 2. The largest absolute Gasteiger partial charge is 0.497 e. The summed E-state index contributed by atoms with van der Waals surface area (Å²) in [6, 6.07) is 14.4. The molecule has 1 amide bonds. The lowest BCUT2D eigenvalue weighted by molar-refractivity contribution is 0.101. The summed E-state index contributed by atoms with van der Waals surface area (Å²) in [5.41, 5.74) is 1.25. The van der Waals surface area contributed by atoms with Crippen molar-refractivity contribution in [2.45, 2.75) is 4.90 Å². The Balaban J connectivity index is 1.43. The number of ether oxygens (including phenoxy) is 1. The van der Waals surface area contributed by atoms with Gasteiger partial charge in [0, 0.05) is 28.9 Å². The van der Waals surface area contributed by atoms with Gasteiger partial charge in [-0.1, -0.05) is 5.16 Å². The predicted octanol–water partition coefficient (Wildman–Crippen LogP) is 3.86. The number of methoxy groups -OCH3 is 1. The first-order valence-electron chi connectivity index (χ1n) is 8.89. The van der Waals surface area contributed by atoms with E-state index in [0.717, 1.165) is 5.56 Å². The van der Waals surface area contributed by atoms with Crippen molar-refractivity contribution in [2.24, 2.45) is 0 Å². The van der Waals surface area contributed by atoms with E-state index in [2.05, 4.69) is 20.2 Å². The maximum Gasteiger partial charge on any atom is 0.277 e. The highest BCUT2D eigenvalue weighted by atomic mass is 32.2. The molecule has 2 heterocycles. The minimum absolute atomic E-state index is 0.0453. The van der Waals surface area contributed by atoms with Crippen LogP contribution in [0.5, 0.6) is 5.75 Å². The summed E-state index contributed by atoms with van der Waals surface area (Å²) in [6.07, 6.45) is 1.51. The van der Waals surface area contributed by atoms with Gasteiger partial charge in [-0.05, 0) is 48.5 Å². The number of carbonyl (C=O) groups excluding carboxylic acids is 1. The van der Waals surface area contributed by atoms with Gasteiger partial charge in [0.1, 0.15) is 5.75 Å². The number of rotatable bonds is 7. The van der Waals surface area contributed by atoms with E-state index >= 15 is 0 Å². The standard InChI is InChI=1S/C20H16N4O5S2/c1-28-15-6-2-13(3-7-15)18-12-17(23-29-18)19(25)22-14-4-8-16(9-5-14)31(26,27)24-20-21-10-11-30-20/h2-12H,1H3,(H,21,24)(H,22,25). The van der Waals surface area contributed by atoms with Crippen LogP contribution in [0.4, 0.5) is 10.8 Å². The van der Waals surface area contributed by atoms with Crippen molar-refractivity contribution in [1.82, 2.24) is 10.1 Å². The summed E-state index contributed by atoms with van der Waals surface area (Å²) in [4.78, 5) is 16.4. The lowest BCUT2D eigenvalue weighted by Gasteiger charge is -2.07. The molecular weight excluding hydrogens is 440 g/mol. The minimum Gasteiger partial charge on any atom is -0.497 e. The summed E-state index contributed by atoms with van der Waals surface area (Å²) < 4.78 is 37.5. The Morgan fingerprint density at radius 1 is 1.10 bits per heavy atom. The number of anilines is 2. The van der Waals surface area contributed by atoms with Crippen molar-refractivity contribution < 1.29 is 22.5 Å². The van der Waals surface area contributed by atoms with Crippen molar-refractivity contribution in [3.8, 4) is 17.1 Å². The summed E-state index contributed by atoms with van der Waals surface area (Å²) in [7, 11) is -2.19. The van der Waals surface area contributed by atoms with E-state index in [1.165, 1.54) is 47.9 Å². The zero-order chi connectivity index (χ0) is 21.8. The molecule has 0 aliphatic heterocycles. The van der Waals surface area contributed by atoms with Gasteiger partial charge in [-0.25, -0.2) is 13.4 Å². The van der Waals surface area contributed by atoms with E-state index in [1.54, 1.807) is 36.8 Å². The van der Waals surface area contributed by atoms with E-state index in [4.69, 9.17) is 9.26 Å². The Morgan fingerprint density at radius 2 is 1.84 bits per heavy atom. The molecule has 0 unspecified atom stereocenters. The Labute approximate surface area is 181 Å². The van der Waals surface area contributed by atoms with E-state index in [0.29, 0.717) is 17.2 Å². The van der Waals surface area contributed by atoms with E-state index < -0.39 is 15.9 Å². The van der Waals surface area contributed by atoms with E-state index in [9.17, 15) is 13.2 Å². The summed E-state index contributed by atoms with van der Waals surface area (Å²) in [5, 5.41) is 8.40. The molecule has 4 aromatic rings. The lowest BCUT2D eigenvalue weighted by Crippen LogP contribution is -2.14. The predicted molar refractivity (Wildman–Crippen MR) is 116 cm³/mol. The van der Waals surface area contributed by atoms with Crippen molar-refractivity contribution >= 4 is 38.1 Å². The Morgan fingerprint density at radius 3 is 2.48 bits per heavy atom. The average molecular weight is 457 g/mol. The molecule has 0 saturated carbocycles. The fourth-order valence-electron chi connectivity index (χ4n) is 2.63. The quantitative estimate of drug-likeness (QED) is 0.433. The first-order chi connectivity index (χ1) is 14.9. The molecule has 2 N–H and O–H groups in total. The van der Waals surface area contributed by atoms with Crippen LogP contribution in [-0.4, -0.2) is 31.6 Å². The second-order valence-electron chi connectivity index (χ2n) is 6.23. The fourth-order valence-corrected chi connectivity index (χ4v) is 4.42. The summed E-state index contributed by atoms with van der Waals surface area (Å²) >= 11 is 1.18. The molecule has 2 aromatic carbocycles. The molecule has 0 saturated heterocycles. The van der Waals surface area contributed by atoms with Crippen LogP contribution in [0.15, 0.2) is 75.6 Å². The number of amides is 1. The third-order valence-corrected chi connectivity index (χ3v) is 6.37. The van der Waals surface area contributed by atoms with Crippen LogP contribution in [0.3, 0.4) is 0 Å². The third kappa shape index (κ3) is 4.73.